The molecule has 0 spiro atoms. The van der Waals surface area contributed by atoms with Crippen molar-refractivity contribution in [3.63, 3.8) is 0 Å². The highest BCUT2D eigenvalue weighted by Gasteiger charge is 2.19. The van der Waals surface area contributed by atoms with Crippen molar-refractivity contribution in [1.82, 2.24) is 9.78 Å². The smallest absolute Gasteiger partial charge is 0.129 e. The Labute approximate surface area is 140 Å². The average Bonchev–Trinajstić information content (AvgIpc) is 2.91. The van der Waals surface area contributed by atoms with Crippen LogP contribution in [0.5, 0.6) is 0 Å². The molecule has 0 saturated carbocycles. The molecule has 2 aromatic heterocycles. The number of halogens is 2. The molecule has 3 nitrogen and oxygen atoms in total. The van der Waals surface area contributed by atoms with Crippen LogP contribution in [-0.4, -0.2) is 9.78 Å². The number of aryl methyl sites for hydroxylation is 2. The topological polar surface area (TPSA) is 43.8 Å². The lowest BCUT2D eigenvalue weighted by Gasteiger charge is -2.03. The summed E-state index contributed by atoms with van der Waals surface area (Å²) in [6.07, 6.45) is 0. The van der Waals surface area contributed by atoms with Crippen LogP contribution in [0, 0.1) is 6.92 Å². The number of benzene rings is 1. The maximum Gasteiger partial charge on any atom is 0.129 e. The fraction of sp³-hybridized carbons (Fsp3) is 0.133. The molecule has 0 radical (unpaired) electrons. The average molecular weight is 383 g/mol. The number of hydrogen-bond donors (Lipinski definition) is 1. The molecule has 0 saturated heterocycles. The number of aromatic nitrogens is 2. The van der Waals surface area contributed by atoms with Crippen LogP contribution in [0.2, 0.25) is 5.02 Å². The molecule has 1 aromatic carbocycles. The Morgan fingerprint density at radius 3 is 2.71 bits per heavy atom. The van der Waals surface area contributed by atoms with Gasteiger partial charge in [-0.3, -0.25) is 4.68 Å². The van der Waals surface area contributed by atoms with E-state index in [1.807, 2.05) is 31.3 Å². The first-order valence-corrected chi connectivity index (χ1v) is 8.31. The standard InChI is InChI=1S/C15H13BrClN3S/c1-8-6-11(21-14(8)16)13-12(15(18)20(2)19-13)9-4-3-5-10(17)7-9/h3-7H,18H2,1-2H3. The molecule has 3 rings (SSSR count). The number of thiophene rings is 1. The highest BCUT2D eigenvalue weighted by molar-refractivity contribution is 9.11. The van der Waals surface area contributed by atoms with Crippen molar-refractivity contribution < 1.29 is 0 Å². The number of hydrogen-bond acceptors (Lipinski definition) is 3. The summed E-state index contributed by atoms with van der Waals surface area (Å²) in [6.45, 7) is 2.06. The van der Waals surface area contributed by atoms with E-state index in [2.05, 4.69) is 34.0 Å². The van der Waals surface area contributed by atoms with E-state index in [4.69, 9.17) is 17.3 Å². The van der Waals surface area contributed by atoms with Crippen molar-refractivity contribution in [2.75, 3.05) is 5.73 Å². The van der Waals surface area contributed by atoms with Gasteiger partial charge in [0.15, 0.2) is 0 Å². The van der Waals surface area contributed by atoms with Crippen LogP contribution in [-0.2, 0) is 7.05 Å². The van der Waals surface area contributed by atoms with Gasteiger partial charge in [0.1, 0.15) is 11.5 Å². The number of nitrogen functional groups attached to an aromatic ring is 1. The van der Waals surface area contributed by atoms with Gasteiger partial charge < -0.3 is 5.73 Å². The molecule has 0 aliphatic carbocycles. The summed E-state index contributed by atoms with van der Waals surface area (Å²) in [5.74, 6) is 0.634. The molecule has 0 bridgehead atoms. The molecule has 21 heavy (non-hydrogen) atoms. The zero-order valence-electron chi connectivity index (χ0n) is 11.5. The van der Waals surface area contributed by atoms with Gasteiger partial charge in [0.2, 0.25) is 0 Å². The SMILES string of the molecule is Cc1cc(-c2nn(C)c(N)c2-c2cccc(Cl)c2)sc1Br. The van der Waals surface area contributed by atoms with Gasteiger partial charge in [-0.05, 0) is 52.2 Å². The van der Waals surface area contributed by atoms with E-state index in [9.17, 15) is 0 Å². The Bertz CT molecular complexity index is 803. The van der Waals surface area contributed by atoms with Gasteiger partial charge in [-0.25, -0.2) is 0 Å². The number of rotatable bonds is 2. The number of nitrogens with zero attached hydrogens (tertiary/aromatic N) is 2. The monoisotopic (exact) mass is 381 g/mol. The molecule has 0 aliphatic rings. The Hall–Kier alpha value is -1.30. The molecule has 2 heterocycles. The molecular weight excluding hydrogens is 370 g/mol. The third-order valence-corrected chi connectivity index (χ3v) is 5.67. The van der Waals surface area contributed by atoms with E-state index >= 15 is 0 Å². The number of nitrogens with two attached hydrogens (primary N) is 1. The zero-order chi connectivity index (χ0) is 15.1. The second kappa shape index (κ2) is 5.48. The van der Waals surface area contributed by atoms with E-state index in [1.54, 1.807) is 16.0 Å². The lowest BCUT2D eigenvalue weighted by molar-refractivity contribution is 0.783. The first-order chi connectivity index (χ1) is 9.97. The van der Waals surface area contributed by atoms with E-state index in [-0.39, 0.29) is 0 Å². The molecule has 2 N–H and O–H groups in total. The molecule has 3 aromatic rings. The summed E-state index contributed by atoms with van der Waals surface area (Å²) in [5.41, 5.74) is 10.2. The largest absolute Gasteiger partial charge is 0.383 e. The quantitative estimate of drug-likeness (QED) is 0.668. The fourth-order valence-electron chi connectivity index (χ4n) is 2.21. The van der Waals surface area contributed by atoms with Crippen molar-refractivity contribution in [2.45, 2.75) is 6.92 Å². The van der Waals surface area contributed by atoms with Gasteiger partial charge in [0.25, 0.3) is 0 Å². The Morgan fingerprint density at radius 1 is 1.33 bits per heavy atom. The molecule has 0 aliphatic heterocycles. The Kier molecular flexibility index (Phi) is 3.82. The minimum Gasteiger partial charge on any atom is -0.383 e. The first-order valence-electron chi connectivity index (χ1n) is 6.32. The maximum absolute atomic E-state index is 6.22. The summed E-state index contributed by atoms with van der Waals surface area (Å²) in [7, 11) is 1.85. The lowest BCUT2D eigenvalue weighted by atomic mass is 10.0. The normalized spacial score (nSPS) is 11.0. The molecule has 0 amide bonds. The fourth-order valence-corrected chi connectivity index (χ4v) is 3.93. The van der Waals surface area contributed by atoms with Gasteiger partial charge in [0, 0.05) is 12.1 Å². The summed E-state index contributed by atoms with van der Waals surface area (Å²) < 4.78 is 2.81. The second-order valence-corrected chi connectivity index (χ2v) is 7.62. The van der Waals surface area contributed by atoms with Crippen LogP contribution < -0.4 is 5.73 Å². The summed E-state index contributed by atoms with van der Waals surface area (Å²) in [4.78, 5) is 1.08. The van der Waals surface area contributed by atoms with Gasteiger partial charge in [-0.15, -0.1) is 11.3 Å². The van der Waals surface area contributed by atoms with E-state index < -0.39 is 0 Å². The Balaban J connectivity index is 2.25. The van der Waals surface area contributed by atoms with Gasteiger partial charge in [-0.1, -0.05) is 23.7 Å². The van der Waals surface area contributed by atoms with E-state index in [1.165, 1.54) is 5.56 Å². The zero-order valence-corrected chi connectivity index (χ0v) is 14.7. The van der Waals surface area contributed by atoms with E-state index in [0.717, 1.165) is 25.5 Å². The van der Waals surface area contributed by atoms with Gasteiger partial charge in [0.05, 0.1) is 14.2 Å². The highest BCUT2D eigenvalue weighted by atomic mass is 79.9. The van der Waals surface area contributed by atoms with Crippen molar-refractivity contribution in [3.8, 4) is 21.7 Å². The lowest BCUT2D eigenvalue weighted by Crippen LogP contribution is -1.97. The molecular formula is C15H13BrClN3S. The molecule has 6 heteroatoms. The molecule has 0 atom stereocenters. The highest BCUT2D eigenvalue weighted by Crippen LogP contribution is 2.41. The predicted molar refractivity (Wildman–Crippen MR) is 93.8 cm³/mol. The van der Waals surface area contributed by atoms with Crippen molar-refractivity contribution >= 4 is 44.7 Å². The van der Waals surface area contributed by atoms with Crippen LogP contribution in [0.25, 0.3) is 21.7 Å². The number of anilines is 1. The minimum atomic E-state index is 0.634. The van der Waals surface area contributed by atoms with Crippen LogP contribution in [0.1, 0.15) is 5.56 Å². The summed E-state index contributed by atoms with van der Waals surface area (Å²) in [5, 5.41) is 5.26. The van der Waals surface area contributed by atoms with Crippen LogP contribution in [0.15, 0.2) is 34.1 Å². The summed E-state index contributed by atoms with van der Waals surface area (Å²) in [6, 6.07) is 9.80. The third kappa shape index (κ3) is 2.61. The molecule has 108 valence electrons. The van der Waals surface area contributed by atoms with Crippen molar-refractivity contribution in [3.05, 3.63) is 44.7 Å². The van der Waals surface area contributed by atoms with Gasteiger partial charge >= 0.3 is 0 Å². The minimum absolute atomic E-state index is 0.634. The summed E-state index contributed by atoms with van der Waals surface area (Å²) >= 11 is 11.3. The van der Waals surface area contributed by atoms with Crippen LogP contribution >= 0.6 is 38.9 Å². The van der Waals surface area contributed by atoms with Crippen LogP contribution in [0.3, 0.4) is 0 Å². The molecule has 0 unspecified atom stereocenters. The van der Waals surface area contributed by atoms with Gasteiger partial charge in [-0.2, -0.15) is 5.10 Å². The Morgan fingerprint density at radius 2 is 2.10 bits per heavy atom. The van der Waals surface area contributed by atoms with E-state index in [0.29, 0.717) is 10.8 Å². The second-order valence-electron chi connectivity index (χ2n) is 4.81. The maximum atomic E-state index is 6.22. The predicted octanol–water partition coefficient (Wildman–Crippen LogP) is 5.12. The molecule has 0 fully saturated rings. The first kappa shape index (κ1) is 14.6. The van der Waals surface area contributed by atoms with Crippen molar-refractivity contribution in [1.29, 1.82) is 0 Å². The third-order valence-electron chi connectivity index (χ3n) is 3.30. The van der Waals surface area contributed by atoms with Crippen molar-refractivity contribution in [2.24, 2.45) is 7.05 Å². The van der Waals surface area contributed by atoms with Crippen LogP contribution in [0.4, 0.5) is 5.82 Å².